The first kappa shape index (κ1) is 21.0. The zero-order valence-corrected chi connectivity index (χ0v) is 19.1. The number of carbonyl (C=O) groups is 1. The number of likely N-dealkylation sites (tertiary alicyclic amines) is 1. The summed E-state index contributed by atoms with van der Waals surface area (Å²) in [6, 6.07) is 6.98. The summed E-state index contributed by atoms with van der Waals surface area (Å²) >= 11 is 1.82. The molecule has 3 aromatic rings. The van der Waals surface area contributed by atoms with Crippen molar-refractivity contribution in [3.8, 4) is 0 Å². The zero-order chi connectivity index (χ0) is 21.3. The molecular formula is C23H31N5OS. The van der Waals surface area contributed by atoms with E-state index in [1.54, 1.807) is 0 Å². The van der Waals surface area contributed by atoms with Crippen LogP contribution in [-0.2, 0) is 17.8 Å². The molecule has 0 aromatic carbocycles. The zero-order valence-electron chi connectivity index (χ0n) is 18.3. The smallest absolute Gasteiger partial charge is 0.220 e. The Morgan fingerprint density at radius 3 is 2.93 bits per heavy atom. The summed E-state index contributed by atoms with van der Waals surface area (Å²) in [6.07, 6.45) is 3.49. The van der Waals surface area contributed by atoms with Crippen LogP contribution in [-0.4, -0.2) is 38.0 Å². The molecule has 1 N–H and O–H groups in total. The molecule has 160 valence electrons. The number of nitrogens with one attached hydrogen (secondary N) is 1. The molecule has 0 aliphatic carbocycles. The predicted molar refractivity (Wildman–Crippen MR) is 121 cm³/mol. The number of carbonyl (C=O) groups excluding carboxylic acids is 1. The molecule has 1 aliphatic heterocycles. The number of fused-ring (bicyclic) bond motifs is 1. The molecule has 1 amide bonds. The molecule has 1 unspecified atom stereocenters. The summed E-state index contributed by atoms with van der Waals surface area (Å²) in [6.45, 7) is 10.2. The fourth-order valence-electron chi connectivity index (χ4n) is 4.45. The van der Waals surface area contributed by atoms with Crippen LogP contribution < -0.4 is 5.32 Å². The largest absolute Gasteiger partial charge is 0.354 e. The van der Waals surface area contributed by atoms with Crippen LogP contribution in [0.15, 0.2) is 23.6 Å². The lowest BCUT2D eigenvalue weighted by Gasteiger charge is -2.22. The Labute approximate surface area is 182 Å². The van der Waals surface area contributed by atoms with Crippen molar-refractivity contribution in [3.63, 3.8) is 0 Å². The number of aryl methyl sites for hydroxylation is 2. The van der Waals surface area contributed by atoms with E-state index in [1.165, 1.54) is 11.3 Å². The van der Waals surface area contributed by atoms with Crippen molar-refractivity contribution in [2.45, 2.75) is 72.0 Å². The summed E-state index contributed by atoms with van der Waals surface area (Å²) in [4.78, 5) is 20.9. The number of nitrogens with zero attached hydrogens (tertiary/aromatic N) is 4. The van der Waals surface area contributed by atoms with Gasteiger partial charge in [-0.05, 0) is 70.5 Å². The lowest BCUT2D eigenvalue weighted by atomic mass is 10.1. The summed E-state index contributed by atoms with van der Waals surface area (Å²) in [5.41, 5.74) is 5.21. The lowest BCUT2D eigenvalue weighted by molar-refractivity contribution is -0.121. The van der Waals surface area contributed by atoms with Crippen LogP contribution in [0.3, 0.4) is 0 Å². The molecule has 1 aliphatic rings. The van der Waals surface area contributed by atoms with Crippen molar-refractivity contribution < 1.29 is 4.79 Å². The first-order valence-corrected chi connectivity index (χ1v) is 11.7. The van der Waals surface area contributed by atoms with Crippen LogP contribution in [0.5, 0.6) is 0 Å². The predicted octanol–water partition coefficient (Wildman–Crippen LogP) is 4.20. The maximum atomic E-state index is 12.1. The average Bonchev–Trinajstić information content (AvgIpc) is 3.42. The van der Waals surface area contributed by atoms with Gasteiger partial charge in [0.25, 0.3) is 0 Å². The summed E-state index contributed by atoms with van der Waals surface area (Å²) in [5.74, 6) is 0.0835. The van der Waals surface area contributed by atoms with Gasteiger partial charge in [-0.25, -0.2) is 9.50 Å². The second kappa shape index (κ2) is 8.86. The van der Waals surface area contributed by atoms with Crippen molar-refractivity contribution in [1.29, 1.82) is 0 Å². The van der Waals surface area contributed by atoms with Gasteiger partial charge in [0.05, 0.1) is 11.7 Å². The van der Waals surface area contributed by atoms with E-state index in [9.17, 15) is 4.79 Å². The topological polar surface area (TPSA) is 62.5 Å². The third-order valence-electron chi connectivity index (χ3n) is 5.88. The number of amides is 1. The number of thiophene rings is 1. The molecule has 4 rings (SSSR count). The molecule has 0 spiro atoms. The van der Waals surface area contributed by atoms with Gasteiger partial charge < -0.3 is 5.32 Å². The highest BCUT2D eigenvalue weighted by Crippen LogP contribution is 2.33. The highest BCUT2D eigenvalue weighted by molar-refractivity contribution is 7.09. The van der Waals surface area contributed by atoms with Gasteiger partial charge in [0, 0.05) is 41.3 Å². The Hall–Kier alpha value is -2.25. The molecule has 6 nitrogen and oxygen atoms in total. The first-order valence-electron chi connectivity index (χ1n) is 10.8. The van der Waals surface area contributed by atoms with Crippen LogP contribution in [0.2, 0.25) is 0 Å². The van der Waals surface area contributed by atoms with Crippen LogP contribution in [0, 0.1) is 13.8 Å². The number of rotatable bonds is 7. The highest BCUT2D eigenvalue weighted by Gasteiger charge is 2.29. The fourth-order valence-corrected chi connectivity index (χ4v) is 5.18. The molecule has 3 aromatic heterocycles. The van der Waals surface area contributed by atoms with E-state index in [1.807, 2.05) is 36.6 Å². The minimum absolute atomic E-state index is 0.0835. The Kier molecular flexibility index (Phi) is 6.20. The van der Waals surface area contributed by atoms with Gasteiger partial charge in [-0.3, -0.25) is 9.69 Å². The second-order valence-electron chi connectivity index (χ2n) is 8.53. The molecule has 0 radical (unpaired) electrons. The van der Waals surface area contributed by atoms with Gasteiger partial charge in [0.2, 0.25) is 5.91 Å². The summed E-state index contributed by atoms with van der Waals surface area (Å²) in [5, 5.41) is 10.1. The van der Waals surface area contributed by atoms with Gasteiger partial charge in [-0.15, -0.1) is 11.3 Å². The van der Waals surface area contributed by atoms with Crippen molar-refractivity contribution in [2.24, 2.45) is 0 Å². The summed E-state index contributed by atoms with van der Waals surface area (Å²) < 4.78 is 1.97. The van der Waals surface area contributed by atoms with Crippen LogP contribution in [0.1, 0.15) is 66.7 Å². The molecule has 1 fully saturated rings. The second-order valence-corrected chi connectivity index (χ2v) is 9.56. The van der Waals surface area contributed by atoms with E-state index in [-0.39, 0.29) is 11.9 Å². The van der Waals surface area contributed by atoms with Gasteiger partial charge in [-0.1, -0.05) is 6.07 Å². The van der Waals surface area contributed by atoms with E-state index in [2.05, 4.69) is 40.7 Å². The molecule has 0 saturated carbocycles. The monoisotopic (exact) mass is 425 g/mol. The molecule has 30 heavy (non-hydrogen) atoms. The van der Waals surface area contributed by atoms with Gasteiger partial charge in [0.1, 0.15) is 0 Å². The molecule has 1 atom stereocenters. The van der Waals surface area contributed by atoms with Crippen molar-refractivity contribution in [1.82, 2.24) is 24.8 Å². The summed E-state index contributed by atoms with van der Waals surface area (Å²) in [7, 11) is 0. The fraction of sp³-hybridized carbons (Fsp3) is 0.522. The third kappa shape index (κ3) is 4.42. The molecule has 7 heteroatoms. The van der Waals surface area contributed by atoms with Crippen LogP contribution in [0.4, 0.5) is 0 Å². The van der Waals surface area contributed by atoms with E-state index in [0.29, 0.717) is 18.9 Å². The minimum atomic E-state index is 0.0835. The van der Waals surface area contributed by atoms with Crippen molar-refractivity contribution in [3.05, 3.63) is 51.1 Å². The minimum Gasteiger partial charge on any atom is -0.354 e. The maximum Gasteiger partial charge on any atom is 0.220 e. The Morgan fingerprint density at radius 2 is 2.20 bits per heavy atom. The third-order valence-corrected chi connectivity index (χ3v) is 6.74. The lowest BCUT2D eigenvalue weighted by Crippen LogP contribution is -2.30. The van der Waals surface area contributed by atoms with E-state index >= 15 is 0 Å². The van der Waals surface area contributed by atoms with Crippen LogP contribution >= 0.6 is 11.3 Å². The van der Waals surface area contributed by atoms with Crippen molar-refractivity contribution in [2.75, 3.05) is 6.54 Å². The van der Waals surface area contributed by atoms with Gasteiger partial charge in [-0.2, -0.15) is 5.10 Å². The van der Waals surface area contributed by atoms with Crippen molar-refractivity contribution >= 4 is 22.9 Å². The quantitative estimate of drug-likeness (QED) is 0.616. The Bertz CT molecular complexity index is 1020. The Balaban J connectivity index is 1.56. The molecular weight excluding hydrogens is 394 g/mol. The standard InChI is InChI=1S/C23H31N5OS/c1-15(2)24-23(29)10-9-19-16(3)25-22-13-20(26-28(22)17(19)4)21-8-5-11-27(21)14-18-7-6-12-30-18/h6-7,12-13,15,21H,5,8-11,14H2,1-4H3,(H,24,29). The van der Waals surface area contributed by atoms with E-state index in [4.69, 9.17) is 10.1 Å². The number of hydrogen-bond acceptors (Lipinski definition) is 5. The number of hydrogen-bond donors (Lipinski definition) is 1. The van der Waals surface area contributed by atoms with Crippen LogP contribution in [0.25, 0.3) is 5.65 Å². The SMILES string of the molecule is Cc1nc2cc(C3CCCN3Cc3cccs3)nn2c(C)c1CCC(=O)NC(C)C. The Morgan fingerprint density at radius 1 is 1.37 bits per heavy atom. The maximum absolute atomic E-state index is 12.1. The number of aromatic nitrogens is 3. The molecule has 4 heterocycles. The van der Waals surface area contributed by atoms with Gasteiger partial charge >= 0.3 is 0 Å². The average molecular weight is 426 g/mol. The van der Waals surface area contributed by atoms with E-state index in [0.717, 1.165) is 47.8 Å². The highest BCUT2D eigenvalue weighted by atomic mass is 32.1. The molecule has 1 saturated heterocycles. The van der Waals surface area contributed by atoms with E-state index < -0.39 is 0 Å². The van der Waals surface area contributed by atoms with Gasteiger partial charge in [0.15, 0.2) is 5.65 Å². The normalized spacial score (nSPS) is 17.3. The molecule has 0 bridgehead atoms. The first-order chi connectivity index (χ1) is 14.4.